The van der Waals surface area contributed by atoms with Crippen molar-refractivity contribution in [2.45, 2.75) is 25.8 Å². The second-order valence-electron chi connectivity index (χ2n) is 7.93. The molecule has 1 aliphatic rings. The normalized spacial score (nSPS) is 13.4. The Morgan fingerprint density at radius 2 is 1.58 bits per heavy atom. The van der Waals surface area contributed by atoms with Gasteiger partial charge in [0, 0.05) is 49.4 Å². The molecule has 0 fully saturated rings. The van der Waals surface area contributed by atoms with Crippen molar-refractivity contribution in [3.63, 3.8) is 0 Å². The summed E-state index contributed by atoms with van der Waals surface area (Å²) in [5, 5.41) is 16.1. The average Bonchev–Trinajstić information content (AvgIpc) is 3.27. The van der Waals surface area contributed by atoms with Gasteiger partial charge in [-0.25, -0.2) is 19.6 Å². The van der Waals surface area contributed by atoms with Gasteiger partial charge in [0.15, 0.2) is 0 Å². The maximum atomic E-state index is 12.7. The largest absolute Gasteiger partial charge is 0.490 e. The maximum absolute atomic E-state index is 12.7. The molecule has 0 saturated heterocycles. The highest BCUT2D eigenvalue weighted by molar-refractivity contribution is 7.07. The molecule has 17 heteroatoms. The van der Waals surface area contributed by atoms with Crippen LogP contribution < -0.4 is 4.90 Å². The molecule has 0 saturated carbocycles. The molecule has 0 unspecified atom stereocenters. The van der Waals surface area contributed by atoms with E-state index in [4.69, 9.17) is 24.8 Å². The van der Waals surface area contributed by atoms with Gasteiger partial charge in [0.25, 0.3) is 5.91 Å². The number of anilines is 1. The molecule has 3 heterocycles. The van der Waals surface area contributed by atoms with E-state index in [0.717, 1.165) is 36.7 Å². The van der Waals surface area contributed by atoms with Gasteiger partial charge in [0.2, 0.25) is 0 Å². The highest BCUT2D eigenvalue weighted by atomic mass is 32.1. The van der Waals surface area contributed by atoms with E-state index in [2.05, 4.69) is 34.9 Å². The molecule has 0 bridgehead atoms. The van der Waals surface area contributed by atoms with Crippen LogP contribution in [0, 0.1) is 6.92 Å². The topological polar surface area (TPSA) is 127 Å². The number of carbonyl (C=O) groups is 3. The number of amides is 1. The van der Waals surface area contributed by atoms with Crippen LogP contribution >= 0.6 is 11.3 Å². The second kappa shape index (κ2) is 13.9. The minimum absolute atomic E-state index is 0.00256. The average molecular weight is 574 g/mol. The van der Waals surface area contributed by atoms with Gasteiger partial charge in [-0.1, -0.05) is 6.07 Å². The molecule has 2 N–H and O–H groups in total. The van der Waals surface area contributed by atoms with Gasteiger partial charge in [0.1, 0.15) is 11.5 Å². The Morgan fingerprint density at radius 3 is 2.03 bits per heavy atom. The number of thiazole rings is 1. The third-order valence-corrected chi connectivity index (χ3v) is 5.22. The van der Waals surface area contributed by atoms with Crippen molar-refractivity contribution >= 4 is 35.0 Å². The van der Waals surface area contributed by atoms with Crippen LogP contribution in [0.15, 0.2) is 23.0 Å². The molecule has 0 radical (unpaired) electrons. The molecule has 2 aromatic rings. The Kier molecular flexibility index (Phi) is 11.9. The molecule has 0 atom stereocenters. The molecular weight excluding hydrogens is 548 g/mol. The van der Waals surface area contributed by atoms with E-state index in [1.54, 1.807) is 5.51 Å². The highest BCUT2D eigenvalue weighted by Gasteiger charge is 2.38. The quantitative estimate of drug-likeness (QED) is 0.531. The fourth-order valence-electron chi connectivity index (χ4n) is 2.79. The number of aryl methyl sites for hydroxylation is 1. The van der Waals surface area contributed by atoms with Crippen LogP contribution in [0.4, 0.5) is 32.2 Å². The smallest absolute Gasteiger partial charge is 0.475 e. The van der Waals surface area contributed by atoms with E-state index in [0.29, 0.717) is 18.8 Å². The first-order valence-corrected chi connectivity index (χ1v) is 11.5. The summed E-state index contributed by atoms with van der Waals surface area (Å²) in [5.74, 6) is -4.51. The van der Waals surface area contributed by atoms with Gasteiger partial charge in [-0.05, 0) is 27.1 Å². The predicted octanol–water partition coefficient (Wildman–Crippen LogP) is 3.14. The van der Waals surface area contributed by atoms with Gasteiger partial charge in [0.05, 0.1) is 5.51 Å². The minimum atomic E-state index is -5.08. The number of hydrogen-bond donors (Lipinski definition) is 2. The molecule has 10 nitrogen and oxygen atoms in total. The van der Waals surface area contributed by atoms with E-state index >= 15 is 0 Å². The van der Waals surface area contributed by atoms with E-state index in [1.807, 2.05) is 23.3 Å². The standard InChI is InChI=1S/C17H23N5OS.2C2HF3O2/c1-13-4-5-14-10-22(17(23)15-11-24-12-18-15)9-8-21(16(14)19-13)7-6-20(2)3;2*3-2(4,5)1(6)7/h4-5,11-12H,6-10H2,1-3H3;2*(H,6,7). The van der Waals surface area contributed by atoms with Crippen molar-refractivity contribution in [3.05, 3.63) is 40.0 Å². The fraction of sp³-hybridized carbons (Fsp3) is 0.476. The van der Waals surface area contributed by atoms with Crippen LogP contribution in [0.1, 0.15) is 21.7 Å². The van der Waals surface area contributed by atoms with Gasteiger partial charge in [-0.15, -0.1) is 11.3 Å². The summed E-state index contributed by atoms with van der Waals surface area (Å²) in [7, 11) is 4.14. The third-order valence-electron chi connectivity index (χ3n) is 4.64. The Balaban J connectivity index is 0.000000426. The zero-order valence-corrected chi connectivity index (χ0v) is 21.2. The van der Waals surface area contributed by atoms with Crippen molar-refractivity contribution in [2.24, 2.45) is 0 Å². The van der Waals surface area contributed by atoms with Gasteiger partial charge in [-0.3, -0.25) is 4.79 Å². The lowest BCUT2D eigenvalue weighted by atomic mass is 10.2. The number of hydrogen-bond acceptors (Lipinski definition) is 8. The number of nitrogens with zero attached hydrogens (tertiary/aromatic N) is 5. The lowest BCUT2D eigenvalue weighted by Gasteiger charge is -2.25. The van der Waals surface area contributed by atoms with Crippen molar-refractivity contribution in [1.29, 1.82) is 0 Å². The number of halogens is 6. The Morgan fingerprint density at radius 1 is 1.03 bits per heavy atom. The van der Waals surface area contributed by atoms with Gasteiger partial charge in [-0.2, -0.15) is 26.3 Å². The monoisotopic (exact) mass is 573 g/mol. The minimum Gasteiger partial charge on any atom is -0.475 e. The highest BCUT2D eigenvalue weighted by Crippen LogP contribution is 2.24. The second-order valence-corrected chi connectivity index (χ2v) is 8.65. The van der Waals surface area contributed by atoms with Crippen LogP contribution in [0.5, 0.6) is 0 Å². The number of carboxylic acids is 2. The molecule has 38 heavy (non-hydrogen) atoms. The molecule has 212 valence electrons. The van der Waals surface area contributed by atoms with Crippen LogP contribution in [-0.4, -0.2) is 100 Å². The number of aromatic nitrogens is 2. The summed E-state index contributed by atoms with van der Waals surface area (Å²) in [6, 6.07) is 4.10. The van der Waals surface area contributed by atoms with Gasteiger partial charge >= 0.3 is 24.3 Å². The Hall–Kier alpha value is -3.47. The molecule has 2 aromatic heterocycles. The summed E-state index contributed by atoms with van der Waals surface area (Å²) in [6.07, 6.45) is -10.2. The summed E-state index contributed by atoms with van der Waals surface area (Å²) in [4.78, 5) is 45.7. The van der Waals surface area contributed by atoms with E-state index < -0.39 is 24.3 Å². The van der Waals surface area contributed by atoms with Crippen molar-refractivity contribution in [2.75, 3.05) is 45.2 Å². The third kappa shape index (κ3) is 10.9. The summed E-state index contributed by atoms with van der Waals surface area (Å²) < 4.78 is 63.5. The maximum Gasteiger partial charge on any atom is 0.490 e. The first-order valence-electron chi connectivity index (χ1n) is 10.6. The summed E-state index contributed by atoms with van der Waals surface area (Å²) in [6.45, 7) is 5.90. The van der Waals surface area contributed by atoms with E-state index in [1.165, 1.54) is 11.3 Å². The number of pyridine rings is 1. The SMILES string of the molecule is Cc1ccc2c(n1)N(CCN(C)C)CCN(C(=O)c1cscn1)C2.O=C(O)C(F)(F)F.O=C(O)C(F)(F)F. The number of carboxylic acid groups (broad SMARTS) is 2. The molecule has 0 aliphatic carbocycles. The summed E-state index contributed by atoms with van der Waals surface area (Å²) >= 11 is 1.45. The number of aliphatic carboxylic acids is 2. The van der Waals surface area contributed by atoms with E-state index in [-0.39, 0.29) is 5.91 Å². The number of carbonyl (C=O) groups excluding carboxylic acids is 1. The number of fused-ring (bicyclic) bond motifs is 1. The van der Waals surface area contributed by atoms with Crippen molar-refractivity contribution in [3.8, 4) is 0 Å². The van der Waals surface area contributed by atoms with Crippen molar-refractivity contribution in [1.82, 2.24) is 19.8 Å². The zero-order chi connectivity index (χ0) is 29.3. The van der Waals surface area contributed by atoms with Crippen LogP contribution in [0.2, 0.25) is 0 Å². The Labute approximate surface area is 217 Å². The summed E-state index contributed by atoms with van der Waals surface area (Å²) in [5.41, 5.74) is 4.33. The number of alkyl halides is 6. The molecule has 1 amide bonds. The lowest BCUT2D eigenvalue weighted by molar-refractivity contribution is -0.193. The molecule has 0 aromatic carbocycles. The van der Waals surface area contributed by atoms with Crippen LogP contribution in [0.3, 0.4) is 0 Å². The molecular formula is C21H25F6N5O5S. The fourth-order valence-corrected chi connectivity index (χ4v) is 3.32. The number of rotatable bonds is 4. The molecule has 0 spiro atoms. The van der Waals surface area contributed by atoms with Gasteiger partial charge < -0.3 is 24.9 Å². The molecule has 1 aliphatic heterocycles. The Bertz CT molecular complexity index is 1060. The first kappa shape index (κ1) is 32.6. The van der Waals surface area contributed by atoms with E-state index in [9.17, 15) is 31.1 Å². The van der Waals surface area contributed by atoms with Crippen LogP contribution in [0.25, 0.3) is 0 Å². The lowest BCUT2D eigenvalue weighted by Crippen LogP contribution is -2.38. The number of likely N-dealkylation sites (N-methyl/N-ethyl adjacent to an activating group) is 1. The molecule has 3 rings (SSSR count). The van der Waals surface area contributed by atoms with Crippen LogP contribution in [-0.2, 0) is 16.1 Å². The zero-order valence-electron chi connectivity index (χ0n) is 20.4. The first-order chi connectivity index (χ1) is 17.4. The van der Waals surface area contributed by atoms with Crippen molar-refractivity contribution < 1.29 is 50.9 Å². The predicted molar refractivity (Wildman–Crippen MR) is 124 cm³/mol.